The van der Waals surface area contributed by atoms with Gasteiger partial charge < -0.3 is 4.90 Å². The summed E-state index contributed by atoms with van der Waals surface area (Å²) in [5.74, 6) is -0.256. The van der Waals surface area contributed by atoms with Gasteiger partial charge in [-0.3, -0.25) is 9.59 Å². The summed E-state index contributed by atoms with van der Waals surface area (Å²) in [4.78, 5) is 25.6. The number of hydrogen-bond donors (Lipinski definition) is 0. The highest BCUT2D eigenvalue weighted by Crippen LogP contribution is 2.32. The summed E-state index contributed by atoms with van der Waals surface area (Å²) in [6.07, 6.45) is 1.49. The lowest BCUT2D eigenvalue weighted by Gasteiger charge is -2.19. The fraction of sp³-hybridized carbons (Fsp3) is 0.375. The predicted octanol–water partition coefficient (Wildman–Crippen LogP) is 4.12. The molecule has 1 amide bonds. The van der Waals surface area contributed by atoms with Crippen LogP contribution < -0.4 is 0 Å². The molecule has 1 aromatic rings. The minimum absolute atomic E-state index is 0.0500. The second kappa shape index (κ2) is 6.54. The van der Waals surface area contributed by atoms with Crippen molar-refractivity contribution in [2.75, 3.05) is 5.75 Å². The first-order valence-corrected chi connectivity index (χ1v) is 8.59. The lowest BCUT2D eigenvalue weighted by Crippen LogP contribution is -2.26. The van der Waals surface area contributed by atoms with Crippen LogP contribution in [0.1, 0.15) is 26.3 Å². The van der Waals surface area contributed by atoms with Crippen molar-refractivity contribution in [3.05, 3.63) is 45.2 Å². The Labute approximate surface area is 142 Å². The summed E-state index contributed by atoms with van der Waals surface area (Å²) in [5.41, 5.74) is -0.0820. The van der Waals surface area contributed by atoms with Crippen molar-refractivity contribution in [2.45, 2.75) is 27.3 Å². The number of benzene rings is 1. The van der Waals surface area contributed by atoms with Crippen LogP contribution in [0.2, 0.25) is 0 Å². The minimum Gasteiger partial charge on any atom is -0.301 e. The van der Waals surface area contributed by atoms with Gasteiger partial charge in [0.2, 0.25) is 5.91 Å². The number of carbonyl (C=O) groups excluding carboxylic acids is 2. The molecule has 1 saturated heterocycles. The fourth-order valence-corrected chi connectivity index (χ4v) is 3.12. The summed E-state index contributed by atoms with van der Waals surface area (Å²) in [7, 11) is 0. The fourth-order valence-electron chi connectivity index (χ4n) is 1.85. The molecular formula is C16H17BrFNO2S. The van der Waals surface area contributed by atoms with Crippen LogP contribution in [0.3, 0.4) is 0 Å². The number of ketones is 1. The number of thioether (sulfide) groups is 1. The predicted molar refractivity (Wildman–Crippen MR) is 89.7 cm³/mol. The van der Waals surface area contributed by atoms with Gasteiger partial charge in [-0.25, -0.2) is 4.39 Å². The van der Waals surface area contributed by atoms with E-state index in [9.17, 15) is 14.0 Å². The molecule has 1 heterocycles. The summed E-state index contributed by atoms with van der Waals surface area (Å²) >= 11 is 4.52. The van der Waals surface area contributed by atoms with Gasteiger partial charge in [0.15, 0.2) is 5.78 Å². The molecule has 22 heavy (non-hydrogen) atoms. The molecule has 118 valence electrons. The Balaban J connectivity index is 2.25. The van der Waals surface area contributed by atoms with Gasteiger partial charge in [-0.15, -0.1) is 0 Å². The standard InChI is InChI=1S/C16H17BrFNO2S/c1-16(2,3)13(20)7-15-19(14(21)9-22-15)8-10-4-5-11(17)6-12(10)18/h4-7H,8-9H2,1-3H3/b15-7-. The molecule has 0 aromatic heterocycles. The summed E-state index contributed by atoms with van der Waals surface area (Å²) in [6, 6.07) is 4.74. The van der Waals surface area contributed by atoms with Gasteiger partial charge >= 0.3 is 0 Å². The molecular weight excluding hydrogens is 369 g/mol. The van der Waals surface area contributed by atoms with Crippen molar-refractivity contribution >= 4 is 39.4 Å². The van der Waals surface area contributed by atoms with Crippen molar-refractivity contribution < 1.29 is 14.0 Å². The first-order valence-electron chi connectivity index (χ1n) is 6.81. The number of halogens is 2. The number of allylic oxidation sites excluding steroid dienone is 1. The van der Waals surface area contributed by atoms with Crippen LogP contribution in [0.5, 0.6) is 0 Å². The van der Waals surface area contributed by atoms with Gasteiger partial charge in [0.25, 0.3) is 0 Å². The van der Waals surface area contributed by atoms with Crippen molar-refractivity contribution in [2.24, 2.45) is 5.41 Å². The number of amides is 1. The minimum atomic E-state index is -0.506. The molecule has 1 aromatic carbocycles. The lowest BCUT2D eigenvalue weighted by molar-refractivity contribution is -0.125. The third kappa shape index (κ3) is 3.98. The molecule has 3 nitrogen and oxygen atoms in total. The van der Waals surface area contributed by atoms with E-state index in [-0.39, 0.29) is 29.8 Å². The van der Waals surface area contributed by atoms with E-state index in [1.54, 1.807) is 12.1 Å². The Morgan fingerprint density at radius 2 is 2.14 bits per heavy atom. The summed E-state index contributed by atoms with van der Waals surface area (Å²) in [5, 5.41) is 0.590. The van der Waals surface area contributed by atoms with Gasteiger partial charge in [0, 0.05) is 21.5 Å². The topological polar surface area (TPSA) is 37.4 Å². The van der Waals surface area contributed by atoms with Crippen LogP contribution in [-0.2, 0) is 16.1 Å². The zero-order valence-corrected chi connectivity index (χ0v) is 15.1. The zero-order chi connectivity index (χ0) is 16.5. The van der Waals surface area contributed by atoms with E-state index < -0.39 is 5.41 Å². The highest BCUT2D eigenvalue weighted by molar-refractivity contribution is 9.10. The quantitative estimate of drug-likeness (QED) is 0.734. The van der Waals surface area contributed by atoms with E-state index in [1.165, 1.54) is 28.8 Å². The van der Waals surface area contributed by atoms with Crippen molar-refractivity contribution in [3.63, 3.8) is 0 Å². The molecule has 2 rings (SSSR count). The first kappa shape index (κ1) is 17.2. The molecule has 1 fully saturated rings. The summed E-state index contributed by atoms with van der Waals surface area (Å²) < 4.78 is 14.6. The molecule has 0 unspecified atom stereocenters. The van der Waals surface area contributed by atoms with Crippen LogP contribution in [0.25, 0.3) is 0 Å². The summed E-state index contributed by atoms with van der Waals surface area (Å²) in [6.45, 7) is 5.61. The Morgan fingerprint density at radius 1 is 1.45 bits per heavy atom. The van der Waals surface area contributed by atoms with E-state index in [4.69, 9.17) is 0 Å². The molecule has 0 aliphatic carbocycles. The highest BCUT2D eigenvalue weighted by Gasteiger charge is 2.30. The van der Waals surface area contributed by atoms with Crippen molar-refractivity contribution in [1.82, 2.24) is 4.90 Å². The van der Waals surface area contributed by atoms with Crippen molar-refractivity contribution in [1.29, 1.82) is 0 Å². The van der Waals surface area contributed by atoms with Gasteiger partial charge in [0.1, 0.15) is 5.82 Å². The Bertz CT molecular complexity index is 652. The smallest absolute Gasteiger partial charge is 0.238 e. The molecule has 0 radical (unpaired) electrons. The van der Waals surface area contributed by atoms with Crippen LogP contribution in [0.4, 0.5) is 4.39 Å². The van der Waals surface area contributed by atoms with E-state index in [0.717, 1.165) is 0 Å². The largest absolute Gasteiger partial charge is 0.301 e. The van der Waals surface area contributed by atoms with E-state index in [1.807, 2.05) is 20.8 Å². The molecule has 1 aliphatic rings. The van der Waals surface area contributed by atoms with E-state index >= 15 is 0 Å². The molecule has 1 aliphatic heterocycles. The molecule has 0 atom stereocenters. The maximum Gasteiger partial charge on any atom is 0.238 e. The number of carbonyl (C=O) groups is 2. The second-order valence-electron chi connectivity index (χ2n) is 6.10. The third-order valence-electron chi connectivity index (χ3n) is 3.25. The maximum absolute atomic E-state index is 13.9. The Kier molecular flexibility index (Phi) is 5.12. The molecule has 6 heteroatoms. The zero-order valence-electron chi connectivity index (χ0n) is 12.7. The average molecular weight is 386 g/mol. The van der Waals surface area contributed by atoms with Crippen LogP contribution in [0, 0.1) is 11.2 Å². The number of rotatable bonds is 3. The monoisotopic (exact) mass is 385 g/mol. The van der Waals surface area contributed by atoms with Crippen LogP contribution >= 0.6 is 27.7 Å². The SMILES string of the molecule is CC(C)(C)C(=O)/C=C1\SCC(=O)N1Cc1ccc(Br)cc1F. The lowest BCUT2D eigenvalue weighted by atomic mass is 9.91. The maximum atomic E-state index is 13.9. The molecule has 0 spiro atoms. The highest BCUT2D eigenvalue weighted by atomic mass is 79.9. The van der Waals surface area contributed by atoms with E-state index in [2.05, 4.69) is 15.9 Å². The Hall–Kier alpha value is -1.14. The van der Waals surface area contributed by atoms with Crippen molar-refractivity contribution in [3.8, 4) is 0 Å². The van der Waals surface area contributed by atoms with E-state index in [0.29, 0.717) is 15.1 Å². The second-order valence-corrected chi connectivity index (χ2v) is 8.01. The molecule has 0 N–H and O–H groups in total. The third-order valence-corrected chi connectivity index (χ3v) is 4.77. The van der Waals surface area contributed by atoms with Gasteiger partial charge in [0.05, 0.1) is 17.3 Å². The Morgan fingerprint density at radius 3 is 2.73 bits per heavy atom. The van der Waals surface area contributed by atoms with Gasteiger partial charge in [-0.05, 0) is 12.1 Å². The van der Waals surface area contributed by atoms with Gasteiger partial charge in [-0.2, -0.15) is 0 Å². The average Bonchev–Trinajstić information content (AvgIpc) is 2.73. The number of hydrogen-bond acceptors (Lipinski definition) is 3. The van der Waals surface area contributed by atoms with Gasteiger partial charge in [-0.1, -0.05) is 54.5 Å². The molecule has 0 saturated carbocycles. The molecule has 0 bridgehead atoms. The number of nitrogens with zero attached hydrogens (tertiary/aromatic N) is 1. The normalized spacial score (nSPS) is 17.4. The first-order chi connectivity index (χ1) is 10.2. The van der Waals surface area contributed by atoms with Crippen LogP contribution in [0.15, 0.2) is 33.8 Å². The van der Waals surface area contributed by atoms with Crippen LogP contribution in [-0.4, -0.2) is 22.3 Å².